The van der Waals surface area contributed by atoms with Crippen LogP contribution in [0, 0.1) is 12.8 Å². The van der Waals surface area contributed by atoms with Crippen molar-refractivity contribution in [1.29, 1.82) is 0 Å². The number of amides is 2. The highest BCUT2D eigenvalue weighted by Crippen LogP contribution is 2.20. The van der Waals surface area contributed by atoms with Crippen LogP contribution in [0.15, 0.2) is 42.5 Å². The normalized spacial score (nSPS) is 10.6. The molecule has 2 rings (SSSR count). The summed E-state index contributed by atoms with van der Waals surface area (Å²) in [7, 11) is 1.64. The number of hydrogen-bond donors (Lipinski definition) is 2. The summed E-state index contributed by atoms with van der Waals surface area (Å²) in [6.07, 6.45) is 0.964. The van der Waals surface area contributed by atoms with Gasteiger partial charge in [-0.1, -0.05) is 38.1 Å². The van der Waals surface area contributed by atoms with Gasteiger partial charge in [0.2, 0.25) is 5.91 Å². The third-order valence-electron chi connectivity index (χ3n) is 4.22. The molecule has 0 atom stereocenters. The maximum atomic E-state index is 12.4. The second-order valence-electron chi connectivity index (χ2n) is 7.00. The molecule has 2 amide bonds. The zero-order valence-corrected chi connectivity index (χ0v) is 16.5. The van der Waals surface area contributed by atoms with Gasteiger partial charge in [-0.3, -0.25) is 9.59 Å². The minimum Gasteiger partial charge on any atom is -0.496 e. The molecule has 0 unspecified atom stereocenters. The van der Waals surface area contributed by atoms with Crippen molar-refractivity contribution in [3.63, 3.8) is 0 Å². The van der Waals surface area contributed by atoms with Crippen molar-refractivity contribution in [1.82, 2.24) is 5.32 Å². The summed E-state index contributed by atoms with van der Waals surface area (Å²) in [5, 5.41) is 5.75. The lowest BCUT2D eigenvalue weighted by Crippen LogP contribution is -2.28. The van der Waals surface area contributed by atoms with Crippen LogP contribution in [0.25, 0.3) is 0 Å². The molecule has 0 bridgehead atoms. The Labute approximate surface area is 161 Å². The number of carbonyl (C=O) groups excluding carboxylic acids is 2. The van der Waals surface area contributed by atoms with Crippen LogP contribution < -0.4 is 15.4 Å². The van der Waals surface area contributed by atoms with Gasteiger partial charge in [0.05, 0.1) is 18.4 Å². The average Bonchev–Trinajstić information content (AvgIpc) is 2.65. The van der Waals surface area contributed by atoms with E-state index in [-0.39, 0.29) is 11.8 Å². The van der Waals surface area contributed by atoms with Crippen LogP contribution in [-0.2, 0) is 11.2 Å². The van der Waals surface area contributed by atoms with E-state index in [1.807, 2.05) is 45.0 Å². The maximum absolute atomic E-state index is 12.4. The lowest BCUT2D eigenvalue weighted by Gasteiger charge is -2.13. The van der Waals surface area contributed by atoms with Gasteiger partial charge < -0.3 is 15.4 Å². The predicted octanol–water partition coefficient (Wildman–Crippen LogP) is 3.96. The highest BCUT2D eigenvalue weighted by molar-refractivity contribution is 6.03. The Bertz CT molecular complexity index is 800. The molecule has 27 heavy (non-hydrogen) atoms. The Morgan fingerprint density at radius 3 is 2.52 bits per heavy atom. The summed E-state index contributed by atoms with van der Waals surface area (Å²) in [5.74, 6) is 0.908. The van der Waals surface area contributed by atoms with E-state index in [0.717, 1.165) is 16.9 Å². The monoisotopic (exact) mass is 368 g/mol. The molecule has 0 aromatic heterocycles. The van der Waals surface area contributed by atoms with Crippen LogP contribution >= 0.6 is 0 Å². The van der Waals surface area contributed by atoms with Crippen molar-refractivity contribution < 1.29 is 14.3 Å². The molecule has 0 heterocycles. The van der Waals surface area contributed by atoms with E-state index in [1.165, 1.54) is 0 Å². The van der Waals surface area contributed by atoms with Crippen molar-refractivity contribution in [3.05, 3.63) is 59.2 Å². The number of para-hydroxylation sites is 1. The van der Waals surface area contributed by atoms with Gasteiger partial charge in [-0.25, -0.2) is 0 Å². The van der Waals surface area contributed by atoms with Gasteiger partial charge in [0, 0.05) is 13.0 Å². The van der Waals surface area contributed by atoms with Crippen molar-refractivity contribution in [3.8, 4) is 5.75 Å². The number of anilines is 1. The van der Waals surface area contributed by atoms with Crippen LogP contribution in [0.2, 0.25) is 0 Å². The van der Waals surface area contributed by atoms with E-state index in [4.69, 9.17) is 4.74 Å². The zero-order chi connectivity index (χ0) is 19.8. The number of nitrogens with one attached hydrogen (secondary N) is 2. The first-order valence-corrected chi connectivity index (χ1v) is 9.21. The van der Waals surface area contributed by atoms with Gasteiger partial charge in [-0.2, -0.15) is 0 Å². The standard InChI is InChI=1S/C22H28N2O3/c1-15(2)14-23-22(26)18-7-5-6-8-19(18)24-21(25)12-10-17-9-11-20(27-4)16(3)13-17/h5-9,11,13,15H,10,12,14H2,1-4H3,(H,23,26)(H,24,25). The fraction of sp³-hybridized carbons (Fsp3) is 0.364. The molecule has 2 aromatic carbocycles. The molecular weight excluding hydrogens is 340 g/mol. The van der Waals surface area contributed by atoms with E-state index in [0.29, 0.717) is 36.6 Å². The van der Waals surface area contributed by atoms with Crippen LogP contribution in [0.4, 0.5) is 5.69 Å². The number of hydrogen-bond acceptors (Lipinski definition) is 3. The number of rotatable bonds is 8. The second kappa shape index (κ2) is 9.76. The van der Waals surface area contributed by atoms with Crippen molar-refractivity contribution in [2.24, 2.45) is 5.92 Å². The molecule has 0 fully saturated rings. The van der Waals surface area contributed by atoms with Gasteiger partial charge in [0.15, 0.2) is 0 Å². The molecule has 2 aromatic rings. The summed E-state index contributed by atoms with van der Waals surface area (Å²) in [4.78, 5) is 24.7. The number of aryl methyl sites for hydroxylation is 2. The summed E-state index contributed by atoms with van der Waals surface area (Å²) < 4.78 is 5.26. The van der Waals surface area contributed by atoms with Gasteiger partial charge in [0.1, 0.15) is 5.75 Å². The molecule has 0 saturated heterocycles. The number of methoxy groups -OCH3 is 1. The molecule has 0 spiro atoms. The van der Waals surface area contributed by atoms with Crippen molar-refractivity contribution in [2.75, 3.05) is 19.0 Å². The predicted molar refractivity (Wildman–Crippen MR) is 108 cm³/mol. The average molecular weight is 368 g/mol. The Balaban J connectivity index is 1.97. The fourth-order valence-electron chi connectivity index (χ4n) is 2.75. The van der Waals surface area contributed by atoms with E-state index in [2.05, 4.69) is 10.6 Å². The summed E-state index contributed by atoms with van der Waals surface area (Å²) in [5.41, 5.74) is 3.13. The first-order chi connectivity index (χ1) is 12.9. The maximum Gasteiger partial charge on any atom is 0.253 e. The summed E-state index contributed by atoms with van der Waals surface area (Å²) >= 11 is 0. The van der Waals surface area contributed by atoms with E-state index < -0.39 is 0 Å². The quantitative estimate of drug-likeness (QED) is 0.741. The molecule has 5 heteroatoms. The molecule has 2 N–H and O–H groups in total. The third-order valence-corrected chi connectivity index (χ3v) is 4.22. The number of carbonyl (C=O) groups is 2. The van der Waals surface area contributed by atoms with Crippen molar-refractivity contribution in [2.45, 2.75) is 33.6 Å². The first kappa shape index (κ1) is 20.5. The van der Waals surface area contributed by atoms with Crippen LogP contribution in [0.3, 0.4) is 0 Å². The number of ether oxygens (including phenoxy) is 1. The first-order valence-electron chi connectivity index (χ1n) is 9.21. The van der Waals surface area contributed by atoms with E-state index >= 15 is 0 Å². The number of benzene rings is 2. The highest BCUT2D eigenvalue weighted by atomic mass is 16.5. The third kappa shape index (κ3) is 6.13. The van der Waals surface area contributed by atoms with Gasteiger partial charge in [-0.05, 0) is 48.6 Å². The highest BCUT2D eigenvalue weighted by Gasteiger charge is 2.13. The Morgan fingerprint density at radius 2 is 1.85 bits per heavy atom. The zero-order valence-electron chi connectivity index (χ0n) is 16.5. The largest absolute Gasteiger partial charge is 0.496 e. The van der Waals surface area contributed by atoms with Gasteiger partial charge >= 0.3 is 0 Å². The van der Waals surface area contributed by atoms with Crippen LogP contribution in [-0.4, -0.2) is 25.5 Å². The molecule has 0 saturated carbocycles. The molecule has 144 valence electrons. The molecule has 0 aliphatic heterocycles. The Hall–Kier alpha value is -2.82. The smallest absolute Gasteiger partial charge is 0.253 e. The van der Waals surface area contributed by atoms with Gasteiger partial charge in [-0.15, -0.1) is 0 Å². The lowest BCUT2D eigenvalue weighted by molar-refractivity contribution is -0.116. The minimum absolute atomic E-state index is 0.118. The summed E-state index contributed by atoms with van der Waals surface area (Å²) in [6.45, 7) is 6.65. The fourth-order valence-corrected chi connectivity index (χ4v) is 2.75. The van der Waals surface area contributed by atoms with Crippen LogP contribution in [0.1, 0.15) is 41.8 Å². The lowest BCUT2D eigenvalue weighted by atomic mass is 10.1. The minimum atomic E-state index is -0.176. The van der Waals surface area contributed by atoms with Gasteiger partial charge in [0.25, 0.3) is 5.91 Å². The second-order valence-corrected chi connectivity index (χ2v) is 7.00. The Morgan fingerprint density at radius 1 is 1.11 bits per heavy atom. The van der Waals surface area contributed by atoms with E-state index in [1.54, 1.807) is 25.3 Å². The molecule has 0 aliphatic rings. The topological polar surface area (TPSA) is 67.4 Å². The SMILES string of the molecule is COc1ccc(CCC(=O)Nc2ccccc2C(=O)NCC(C)C)cc1C. The van der Waals surface area contributed by atoms with Crippen LogP contribution in [0.5, 0.6) is 5.75 Å². The molecule has 0 radical (unpaired) electrons. The summed E-state index contributed by atoms with van der Waals surface area (Å²) in [6, 6.07) is 13.0. The van der Waals surface area contributed by atoms with E-state index in [9.17, 15) is 9.59 Å². The molecule has 0 aliphatic carbocycles. The molecular formula is C22H28N2O3. The van der Waals surface area contributed by atoms with Crippen molar-refractivity contribution >= 4 is 17.5 Å². The molecule has 5 nitrogen and oxygen atoms in total. The Kier molecular flexibility index (Phi) is 7.41.